The largest absolute Gasteiger partial charge is 0.493 e. The van der Waals surface area contributed by atoms with E-state index < -0.39 is 0 Å². The highest BCUT2D eigenvalue weighted by atomic mass is 35.5. The molecule has 0 radical (unpaired) electrons. The van der Waals surface area contributed by atoms with Crippen molar-refractivity contribution in [2.24, 2.45) is 5.41 Å². The van der Waals surface area contributed by atoms with Crippen LogP contribution in [0.25, 0.3) is 0 Å². The molecule has 0 unspecified atom stereocenters. The van der Waals surface area contributed by atoms with Gasteiger partial charge in [0.15, 0.2) is 0 Å². The summed E-state index contributed by atoms with van der Waals surface area (Å²) in [6.45, 7) is 6.00. The zero-order chi connectivity index (χ0) is 20.1. The zero-order valence-electron chi connectivity index (χ0n) is 17.5. The summed E-state index contributed by atoms with van der Waals surface area (Å²) >= 11 is 6.53. The van der Waals surface area contributed by atoms with Crippen LogP contribution in [-0.4, -0.2) is 19.7 Å². The molecule has 2 N–H and O–H groups in total. The number of rotatable bonds is 6. The predicted molar refractivity (Wildman–Crippen MR) is 122 cm³/mol. The summed E-state index contributed by atoms with van der Waals surface area (Å²) in [7, 11) is 0. The van der Waals surface area contributed by atoms with E-state index in [2.05, 4.69) is 47.9 Å². The van der Waals surface area contributed by atoms with Gasteiger partial charge in [-0.05, 0) is 73.7 Å². The van der Waals surface area contributed by atoms with Crippen molar-refractivity contribution in [3.05, 3.63) is 58.1 Å². The average molecular weight is 413 g/mol. The Bertz CT molecular complexity index is 812. The molecule has 0 aromatic heterocycles. The van der Waals surface area contributed by atoms with Crippen LogP contribution in [0, 0.1) is 5.41 Å². The van der Waals surface area contributed by atoms with Gasteiger partial charge in [0.25, 0.3) is 0 Å². The van der Waals surface area contributed by atoms with Crippen LogP contribution in [0.1, 0.15) is 55.7 Å². The van der Waals surface area contributed by atoms with Crippen molar-refractivity contribution in [1.82, 2.24) is 5.32 Å². The van der Waals surface area contributed by atoms with Gasteiger partial charge >= 0.3 is 0 Å². The second-order valence-electron chi connectivity index (χ2n) is 8.97. The van der Waals surface area contributed by atoms with Gasteiger partial charge in [-0.25, -0.2) is 0 Å². The number of anilines is 1. The minimum absolute atomic E-state index is 0.342. The van der Waals surface area contributed by atoms with Crippen molar-refractivity contribution in [3.8, 4) is 5.75 Å². The van der Waals surface area contributed by atoms with Crippen molar-refractivity contribution in [3.63, 3.8) is 0 Å². The van der Waals surface area contributed by atoms with E-state index >= 15 is 0 Å². The molecule has 1 fully saturated rings. The summed E-state index contributed by atoms with van der Waals surface area (Å²) in [5, 5.41) is 7.88. The Hall–Kier alpha value is -1.71. The maximum atomic E-state index is 6.53. The lowest BCUT2D eigenvalue weighted by Gasteiger charge is -2.33. The molecule has 4 heteroatoms. The SMILES string of the molecule is CC1(COc2ccc(CNc3c(Cl)ccc4c3CCNCC4)cc2)CCCCC1. The molecule has 29 heavy (non-hydrogen) atoms. The van der Waals surface area contributed by atoms with Crippen molar-refractivity contribution in [1.29, 1.82) is 0 Å². The predicted octanol–water partition coefficient (Wildman–Crippen LogP) is 5.99. The summed E-state index contributed by atoms with van der Waals surface area (Å²) < 4.78 is 6.13. The molecule has 0 saturated heterocycles. The number of hydrogen-bond acceptors (Lipinski definition) is 3. The van der Waals surface area contributed by atoms with E-state index in [1.165, 1.54) is 48.8 Å². The maximum Gasteiger partial charge on any atom is 0.119 e. The van der Waals surface area contributed by atoms with Gasteiger partial charge in [0, 0.05) is 12.0 Å². The highest BCUT2D eigenvalue weighted by Gasteiger charge is 2.27. The average Bonchev–Trinajstić information content (AvgIpc) is 2.99. The molecule has 4 rings (SSSR count). The minimum atomic E-state index is 0.342. The monoisotopic (exact) mass is 412 g/mol. The number of nitrogens with one attached hydrogen (secondary N) is 2. The van der Waals surface area contributed by atoms with Crippen LogP contribution in [0.2, 0.25) is 5.02 Å². The summed E-state index contributed by atoms with van der Waals surface area (Å²) in [4.78, 5) is 0. The number of hydrogen-bond donors (Lipinski definition) is 2. The molecular formula is C25H33ClN2O. The molecule has 0 spiro atoms. The maximum absolute atomic E-state index is 6.53. The zero-order valence-corrected chi connectivity index (χ0v) is 18.3. The molecule has 1 heterocycles. The highest BCUT2D eigenvalue weighted by Crippen LogP contribution is 2.36. The molecule has 1 aliphatic heterocycles. The van der Waals surface area contributed by atoms with E-state index in [4.69, 9.17) is 16.3 Å². The molecule has 1 aliphatic carbocycles. The highest BCUT2D eigenvalue weighted by molar-refractivity contribution is 6.33. The van der Waals surface area contributed by atoms with Gasteiger partial charge in [-0.15, -0.1) is 0 Å². The fourth-order valence-corrected chi connectivity index (χ4v) is 4.88. The van der Waals surface area contributed by atoms with E-state index in [0.717, 1.165) is 55.5 Å². The Morgan fingerprint density at radius 3 is 2.55 bits per heavy atom. The third-order valence-electron chi connectivity index (χ3n) is 6.52. The van der Waals surface area contributed by atoms with Gasteiger partial charge in [0.1, 0.15) is 5.75 Å². The summed E-state index contributed by atoms with van der Waals surface area (Å²) in [5.74, 6) is 0.971. The van der Waals surface area contributed by atoms with E-state index in [-0.39, 0.29) is 0 Å². The van der Waals surface area contributed by atoms with Crippen molar-refractivity contribution in [2.45, 2.75) is 58.4 Å². The second kappa shape index (κ2) is 9.40. The van der Waals surface area contributed by atoms with E-state index in [9.17, 15) is 0 Å². The Balaban J connectivity index is 1.36. The van der Waals surface area contributed by atoms with Crippen LogP contribution in [-0.2, 0) is 19.4 Å². The third kappa shape index (κ3) is 5.26. The smallest absolute Gasteiger partial charge is 0.119 e. The van der Waals surface area contributed by atoms with E-state index in [0.29, 0.717) is 5.41 Å². The van der Waals surface area contributed by atoms with E-state index in [1.54, 1.807) is 0 Å². The first-order chi connectivity index (χ1) is 14.1. The Morgan fingerprint density at radius 2 is 1.76 bits per heavy atom. The van der Waals surface area contributed by atoms with Crippen LogP contribution < -0.4 is 15.4 Å². The lowest BCUT2D eigenvalue weighted by atomic mass is 9.76. The molecule has 3 nitrogen and oxygen atoms in total. The Labute approximate surface area is 180 Å². The molecule has 1 saturated carbocycles. The first kappa shape index (κ1) is 20.6. The van der Waals surface area contributed by atoms with Gasteiger partial charge in [0.05, 0.1) is 17.3 Å². The summed E-state index contributed by atoms with van der Waals surface area (Å²) in [5.41, 5.74) is 5.44. The molecule has 2 aromatic carbocycles. The van der Waals surface area contributed by atoms with E-state index in [1.807, 2.05) is 6.07 Å². The van der Waals surface area contributed by atoms with Crippen molar-refractivity contribution >= 4 is 17.3 Å². The summed E-state index contributed by atoms with van der Waals surface area (Å²) in [6.07, 6.45) is 8.70. The van der Waals surface area contributed by atoms with Crippen LogP contribution in [0.3, 0.4) is 0 Å². The first-order valence-electron chi connectivity index (χ1n) is 11.1. The number of benzene rings is 2. The normalized spacial score (nSPS) is 18.6. The topological polar surface area (TPSA) is 33.3 Å². The number of ether oxygens (including phenoxy) is 1. The number of halogens is 1. The minimum Gasteiger partial charge on any atom is -0.493 e. The van der Waals surface area contributed by atoms with Gasteiger partial charge in [0.2, 0.25) is 0 Å². The van der Waals surface area contributed by atoms with Gasteiger partial charge in [-0.3, -0.25) is 0 Å². The fourth-order valence-electron chi connectivity index (χ4n) is 4.64. The second-order valence-corrected chi connectivity index (χ2v) is 9.37. The van der Waals surface area contributed by atoms with Gasteiger partial charge in [-0.2, -0.15) is 0 Å². The van der Waals surface area contributed by atoms with Crippen LogP contribution in [0.4, 0.5) is 5.69 Å². The first-order valence-corrected chi connectivity index (χ1v) is 11.5. The molecule has 0 amide bonds. The third-order valence-corrected chi connectivity index (χ3v) is 6.84. The quantitative estimate of drug-likeness (QED) is 0.611. The van der Waals surface area contributed by atoms with Crippen molar-refractivity contribution in [2.75, 3.05) is 25.0 Å². The van der Waals surface area contributed by atoms with Crippen LogP contribution >= 0.6 is 11.6 Å². The van der Waals surface area contributed by atoms with Gasteiger partial charge in [-0.1, -0.05) is 56.0 Å². The van der Waals surface area contributed by atoms with Crippen LogP contribution in [0.5, 0.6) is 5.75 Å². The number of fused-ring (bicyclic) bond motifs is 1. The molecule has 2 aliphatic rings. The van der Waals surface area contributed by atoms with Crippen molar-refractivity contribution < 1.29 is 4.74 Å². The van der Waals surface area contributed by atoms with Gasteiger partial charge < -0.3 is 15.4 Å². The Kier molecular flexibility index (Phi) is 6.67. The molecule has 0 bridgehead atoms. The fraction of sp³-hybridized carbons (Fsp3) is 0.520. The molecule has 0 atom stereocenters. The lowest BCUT2D eigenvalue weighted by molar-refractivity contribution is 0.116. The lowest BCUT2D eigenvalue weighted by Crippen LogP contribution is -2.27. The standard InChI is InChI=1S/C25H33ClN2O/c1-25(13-3-2-4-14-25)18-29-21-8-5-19(6-9-21)17-28-24-22-12-16-27-15-11-20(22)7-10-23(24)26/h5-10,27-28H,2-4,11-18H2,1H3. The van der Waals surface area contributed by atoms with Crippen LogP contribution in [0.15, 0.2) is 36.4 Å². The molecule has 156 valence electrons. The summed E-state index contributed by atoms with van der Waals surface area (Å²) in [6, 6.07) is 12.7. The molecule has 2 aromatic rings. The Morgan fingerprint density at radius 1 is 1.00 bits per heavy atom. The molecular weight excluding hydrogens is 380 g/mol.